The van der Waals surface area contributed by atoms with E-state index < -0.39 is 0 Å². The molecule has 1 aliphatic rings. The van der Waals surface area contributed by atoms with Crippen molar-refractivity contribution in [2.45, 2.75) is 13.0 Å². The molecule has 2 aromatic rings. The van der Waals surface area contributed by atoms with Gasteiger partial charge in [0.2, 0.25) is 5.89 Å². The molecule has 6 heteroatoms. The van der Waals surface area contributed by atoms with E-state index in [9.17, 15) is 4.39 Å². The molecule has 2 heterocycles. The molecule has 0 bridgehead atoms. The summed E-state index contributed by atoms with van der Waals surface area (Å²) in [5, 5.41) is 0. The van der Waals surface area contributed by atoms with Crippen molar-refractivity contribution in [1.82, 2.24) is 4.98 Å². The number of nitrogens with zero attached hydrogens (tertiary/aromatic N) is 3. The van der Waals surface area contributed by atoms with E-state index in [1.807, 2.05) is 6.07 Å². The average molecular weight is 312 g/mol. The Morgan fingerprint density at radius 2 is 2.35 bits per heavy atom. The van der Waals surface area contributed by atoms with E-state index in [1.165, 1.54) is 24.5 Å². The maximum absolute atomic E-state index is 13.4. The second-order valence-electron chi connectivity index (χ2n) is 5.14. The smallest absolute Gasteiger partial charge is 0.242 e. The number of hydrogen-bond acceptors (Lipinski definition) is 5. The fourth-order valence-corrected chi connectivity index (χ4v) is 2.47. The van der Waals surface area contributed by atoms with E-state index in [1.54, 1.807) is 12.1 Å². The second-order valence-corrected chi connectivity index (χ2v) is 5.14. The van der Waals surface area contributed by atoms with Gasteiger partial charge >= 0.3 is 0 Å². The maximum atomic E-state index is 13.4. The zero-order valence-corrected chi connectivity index (χ0v) is 12.6. The van der Waals surface area contributed by atoms with Crippen LogP contribution in [0, 0.1) is 5.82 Å². The zero-order valence-electron chi connectivity index (χ0n) is 12.6. The fraction of sp³-hybridized carbons (Fsp3) is 0.176. The number of allylic oxidation sites excluding steroid dienone is 1. The molecule has 5 nitrogen and oxygen atoms in total. The number of benzene rings is 1. The zero-order chi connectivity index (χ0) is 16.2. The van der Waals surface area contributed by atoms with Crippen LogP contribution in [0.25, 0.3) is 5.70 Å². The number of halogens is 1. The van der Waals surface area contributed by atoms with Crippen LogP contribution in [0.15, 0.2) is 52.5 Å². The van der Waals surface area contributed by atoms with Gasteiger partial charge in [-0.05, 0) is 24.3 Å². The van der Waals surface area contributed by atoms with E-state index >= 15 is 0 Å². The van der Waals surface area contributed by atoms with Crippen LogP contribution < -0.4 is 10.6 Å². The average Bonchev–Trinajstić information content (AvgIpc) is 2.98. The van der Waals surface area contributed by atoms with Crippen molar-refractivity contribution in [3.8, 4) is 0 Å². The first kappa shape index (κ1) is 15.0. The Labute approximate surface area is 133 Å². The summed E-state index contributed by atoms with van der Waals surface area (Å²) in [7, 11) is 0. The number of anilines is 1. The maximum Gasteiger partial charge on any atom is 0.242 e. The molecule has 0 saturated carbocycles. The van der Waals surface area contributed by atoms with Gasteiger partial charge in [0.25, 0.3) is 0 Å². The van der Waals surface area contributed by atoms with Crippen LogP contribution in [0.1, 0.15) is 17.3 Å². The quantitative estimate of drug-likeness (QED) is 0.882. The Hall–Kier alpha value is -2.89. The first-order valence-electron chi connectivity index (χ1n) is 7.26. The van der Waals surface area contributed by atoms with Crippen molar-refractivity contribution >= 4 is 17.6 Å². The molecule has 0 radical (unpaired) electrons. The van der Waals surface area contributed by atoms with E-state index in [0.29, 0.717) is 24.6 Å². The van der Waals surface area contributed by atoms with Crippen LogP contribution >= 0.6 is 0 Å². The SMILES string of the molecule is C=CN=C/C=C(\N)c1nc2c(o1)CCN(c1cccc(F)c1)C2. The lowest BCUT2D eigenvalue weighted by molar-refractivity contribution is 0.477. The standard InChI is InChI=1S/C17H17FN4O/c1-2-20-8-6-14(19)17-21-15-11-22(9-7-16(15)23-17)13-5-3-4-12(18)10-13/h2-6,8,10H,1,7,9,11,19H2/b14-6-,20-8?. The minimum Gasteiger partial charge on any atom is -0.440 e. The molecule has 118 valence electrons. The molecule has 0 amide bonds. The Balaban J connectivity index is 1.80. The predicted molar refractivity (Wildman–Crippen MR) is 88.5 cm³/mol. The van der Waals surface area contributed by atoms with E-state index in [0.717, 1.165) is 23.7 Å². The molecule has 0 spiro atoms. The number of fused-ring (bicyclic) bond motifs is 1. The van der Waals surface area contributed by atoms with Crippen LogP contribution in [-0.4, -0.2) is 17.7 Å². The van der Waals surface area contributed by atoms with Crippen LogP contribution in [0.5, 0.6) is 0 Å². The molecule has 1 aromatic carbocycles. The van der Waals surface area contributed by atoms with E-state index in [2.05, 4.69) is 21.5 Å². The van der Waals surface area contributed by atoms with Crippen molar-refractivity contribution in [3.05, 3.63) is 66.3 Å². The highest BCUT2D eigenvalue weighted by Gasteiger charge is 2.23. The van der Waals surface area contributed by atoms with Crippen molar-refractivity contribution in [3.63, 3.8) is 0 Å². The van der Waals surface area contributed by atoms with Crippen LogP contribution in [0.4, 0.5) is 10.1 Å². The number of aromatic nitrogens is 1. The molecule has 0 unspecified atom stereocenters. The third kappa shape index (κ3) is 3.31. The first-order valence-corrected chi connectivity index (χ1v) is 7.26. The van der Waals surface area contributed by atoms with Gasteiger partial charge in [-0.3, -0.25) is 4.99 Å². The summed E-state index contributed by atoms with van der Waals surface area (Å²) in [6.07, 6.45) is 5.27. The third-order valence-corrected chi connectivity index (χ3v) is 3.59. The summed E-state index contributed by atoms with van der Waals surface area (Å²) in [5.41, 5.74) is 8.00. The minimum absolute atomic E-state index is 0.247. The monoisotopic (exact) mass is 312 g/mol. The molecule has 0 atom stereocenters. The summed E-state index contributed by atoms with van der Waals surface area (Å²) in [6, 6.07) is 6.54. The van der Waals surface area contributed by atoms with Gasteiger partial charge in [0.15, 0.2) is 0 Å². The van der Waals surface area contributed by atoms with Gasteiger partial charge < -0.3 is 15.1 Å². The van der Waals surface area contributed by atoms with Crippen molar-refractivity contribution in [2.75, 3.05) is 11.4 Å². The van der Waals surface area contributed by atoms with Gasteiger partial charge in [0, 0.05) is 31.1 Å². The lowest BCUT2D eigenvalue weighted by atomic mass is 10.1. The highest BCUT2D eigenvalue weighted by molar-refractivity contribution is 5.81. The summed E-state index contributed by atoms with van der Waals surface area (Å²) in [6.45, 7) is 4.80. The van der Waals surface area contributed by atoms with Crippen molar-refractivity contribution in [1.29, 1.82) is 0 Å². The predicted octanol–water partition coefficient (Wildman–Crippen LogP) is 2.89. The molecular weight excluding hydrogens is 295 g/mol. The van der Waals surface area contributed by atoms with Crippen LogP contribution in [-0.2, 0) is 13.0 Å². The first-order chi connectivity index (χ1) is 11.2. The van der Waals surface area contributed by atoms with Gasteiger partial charge in [-0.25, -0.2) is 9.37 Å². The van der Waals surface area contributed by atoms with Crippen LogP contribution in [0.2, 0.25) is 0 Å². The third-order valence-electron chi connectivity index (χ3n) is 3.59. The number of oxazole rings is 1. The molecule has 1 aliphatic heterocycles. The Bertz CT molecular complexity index is 779. The van der Waals surface area contributed by atoms with E-state index in [-0.39, 0.29) is 5.82 Å². The lowest BCUT2D eigenvalue weighted by Gasteiger charge is -2.27. The minimum atomic E-state index is -0.247. The Kier molecular flexibility index (Phi) is 4.23. The molecule has 0 saturated heterocycles. The Morgan fingerprint density at radius 3 is 3.13 bits per heavy atom. The molecule has 0 fully saturated rings. The van der Waals surface area contributed by atoms with Gasteiger partial charge in [0.05, 0.1) is 12.2 Å². The summed E-state index contributed by atoms with van der Waals surface area (Å²) >= 11 is 0. The van der Waals surface area contributed by atoms with Crippen LogP contribution in [0.3, 0.4) is 0 Å². The lowest BCUT2D eigenvalue weighted by Crippen LogP contribution is -2.30. The molecule has 0 aliphatic carbocycles. The molecule has 1 aromatic heterocycles. The van der Waals surface area contributed by atoms with Gasteiger partial charge in [-0.15, -0.1) is 0 Å². The Morgan fingerprint density at radius 1 is 1.48 bits per heavy atom. The highest BCUT2D eigenvalue weighted by Crippen LogP contribution is 2.26. The normalized spacial score (nSPS) is 15.0. The van der Waals surface area contributed by atoms with Gasteiger partial charge in [0.1, 0.15) is 17.3 Å². The number of aliphatic imine (C=N–C) groups is 1. The molecule has 3 rings (SSSR count). The van der Waals surface area contributed by atoms with Crippen molar-refractivity contribution < 1.29 is 8.81 Å². The number of hydrogen-bond donors (Lipinski definition) is 1. The van der Waals surface area contributed by atoms with Crippen molar-refractivity contribution in [2.24, 2.45) is 10.7 Å². The topological polar surface area (TPSA) is 67.6 Å². The summed E-state index contributed by atoms with van der Waals surface area (Å²) < 4.78 is 19.1. The second kappa shape index (κ2) is 6.48. The number of nitrogens with two attached hydrogens (primary N) is 1. The largest absolute Gasteiger partial charge is 0.440 e. The summed E-state index contributed by atoms with van der Waals surface area (Å²) in [4.78, 5) is 10.4. The molecule has 23 heavy (non-hydrogen) atoms. The van der Waals surface area contributed by atoms with Gasteiger partial charge in [-0.2, -0.15) is 0 Å². The van der Waals surface area contributed by atoms with Gasteiger partial charge in [-0.1, -0.05) is 12.6 Å². The molecule has 2 N–H and O–H groups in total. The highest BCUT2D eigenvalue weighted by atomic mass is 19.1. The number of rotatable bonds is 4. The molecular formula is C17H17FN4O. The summed E-state index contributed by atoms with van der Waals surface area (Å²) in [5.74, 6) is 0.957. The van der Waals surface area contributed by atoms with E-state index in [4.69, 9.17) is 10.2 Å². The fourth-order valence-electron chi connectivity index (χ4n) is 2.47.